The van der Waals surface area contributed by atoms with E-state index in [-0.39, 0.29) is 23.5 Å². The van der Waals surface area contributed by atoms with Gasteiger partial charge in [0.2, 0.25) is 5.91 Å². The Morgan fingerprint density at radius 2 is 2.08 bits per heavy atom. The van der Waals surface area contributed by atoms with Crippen LogP contribution in [0.2, 0.25) is 0 Å². The molecule has 1 saturated carbocycles. The summed E-state index contributed by atoms with van der Waals surface area (Å²) in [6.07, 6.45) is 4.19. The molecule has 1 aliphatic carbocycles. The van der Waals surface area contributed by atoms with E-state index >= 15 is 0 Å². The van der Waals surface area contributed by atoms with Crippen molar-refractivity contribution in [3.05, 3.63) is 36.0 Å². The Labute approximate surface area is 142 Å². The van der Waals surface area contributed by atoms with Gasteiger partial charge in [-0.05, 0) is 37.8 Å². The molecular formula is C18H22N2O3S. The van der Waals surface area contributed by atoms with Crippen LogP contribution in [-0.4, -0.2) is 48.3 Å². The fraction of sp³-hybridized carbons (Fsp3) is 0.500. The van der Waals surface area contributed by atoms with Crippen LogP contribution in [0.5, 0.6) is 0 Å². The number of carbonyl (C=O) groups is 1. The highest BCUT2D eigenvalue weighted by molar-refractivity contribution is 7.91. The van der Waals surface area contributed by atoms with Gasteiger partial charge in [0.15, 0.2) is 9.84 Å². The van der Waals surface area contributed by atoms with Crippen molar-refractivity contribution >= 4 is 26.6 Å². The maximum absolute atomic E-state index is 13.3. The summed E-state index contributed by atoms with van der Waals surface area (Å²) >= 11 is 0. The van der Waals surface area contributed by atoms with Gasteiger partial charge in [0.25, 0.3) is 0 Å². The first-order valence-corrected chi connectivity index (χ1v) is 10.4. The highest BCUT2D eigenvalue weighted by Crippen LogP contribution is 2.52. The summed E-state index contributed by atoms with van der Waals surface area (Å²) in [5.74, 6) is 0.398. The Morgan fingerprint density at radius 1 is 1.33 bits per heavy atom. The van der Waals surface area contributed by atoms with Gasteiger partial charge in [-0.25, -0.2) is 8.42 Å². The summed E-state index contributed by atoms with van der Waals surface area (Å²) in [5.41, 5.74) is 1.63. The molecule has 1 amide bonds. The van der Waals surface area contributed by atoms with E-state index in [0.29, 0.717) is 13.0 Å². The lowest BCUT2D eigenvalue weighted by Crippen LogP contribution is -2.46. The number of sulfone groups is 1. The monoisotopic (exact) mass is 346 g/mol. The molecule has 1 atom stereocenters. The zero-order valence-corrected chi connectivity index (χ0v) is 14.6. The molecule has 24 heavy (non-hydrogen) atoms. The number of nitrogens with zero attached hydrogens (tertiary/aromatic N) is 1. The summed E-state index contributed by atoms with van der Waals surface area (Å²) in [7, 11) is -3.00. The third-order valence-electron chi connectivity index (χ3n) is 5.51. The van der Waals surface area contributed by atoms with Gasteiger partial charge in [0.05, 0.1) is 16.9 Å². The Bertz CT molecular complexity index is 896. The lowest BCUT2D eigenvalue weighted by Gasteiger charge is -2.31. The number of rotatable bonds is 4. The molecule has 1 aromatic carbocycles. The van der Waals surface area contributed by atoms with E-state index in [0.717, 1.165) is 29.3 Å². The molecule has 0 spiro atoms. The molecule has 0 bridgehead atoms. The maximum Gasteiger partial charge on any atom is 0.233 e. The molecule has 4 rings (SSSR count). The molecule has 1 aliphatic heterocycles. The molecule has 1 aromatic heterocycles. The van der Waals surface area contributed by atoms with Crippen molar-refractivity contribution in [3.63, 3.8) is 0 Å². The predicted octanol–water partition coefficient (Wildman–Crippen LogP) is 2.24. The van der Waals surface area contributed by atoms with Gasteiger partial charge in [0.1, 0.15) is 0 Å². The van der Waals surface area contributed by atoms with Gasteiger partial charge < -0.3 is 9.88 Å². The van der Waals surface area contributed by atoms with Crippen molar-refractivity contribution in [1.82, 2.24) is 9.88 Å². The predicted molar refractivity (Wildman–Crippen MR) is 93.7 cm³/mol. The van der Waals surface area contributed by atoms with Crippen LogP contribution in [-0.2, 0) is 20.0 Å². The Morgan fingerprint density at radius 3 is 2.71 bits per heavy atom. The molecule has 2 fully saturated rings. The summed E-state index contributed by atoms with van der Waals surface area (Å²) in [5, 5.41) is 1.10. The van der Waals surface area contributed by atoms with E-state index in [1.54, 1.807) is 4.90 Å². The van der Waals surface area contributed by atoms with Crippen molar-refractivity contribution in [2.24, 2.45) is 0 Å². The first-order valence-electron chi connectivity index (χ1n) is 8.55. The number of hydrogen-bond donors (Lipinski definition) is 1. The summed E-state index contributed by atoms with van der Waals surface area (Å²) < 4.78 is 23.6. The zero-order valence-electron chi connectivity index (χ0n) is 13.8. The summed E-state index contributed by atoms with van der Waals surface area (Å²) in [6.45, 7) is 2.50. The Balaban J connectivity index is 1.68. The van der Waals surface area contributed by atoms with E-state index < -0.39 is 15.3 Å². The number of hydrogen-bond acceptors (Lipinski definition) is 3. The van der Waals surface area contributed by atoms with E-state index in [1.807, 2.05) is 37.4 Å². The first kappa shape index (κ1) is 15.7. The zero-order chi connectivity index (χ0) is 16.9. The van der Waals surface area contributed by atoms with E-state index in [4.69, 9.17) is 0 Å². The van der Waals surface area contributed by atoms with Crippen LogP contribution in [0, 0.1) is 0 Å². The Kier molecular flexibility index (Phi) is 3.49. The molecule has 2 aliphatic rings. The second-order valence-electron chi connectivity index (χ2n) is 6.98. The molecule has 2 heterocycles. The molecule has 6 heteroatoms. The van der Waals surface area contributed by atoms with E-state index in [2.05, 4.69) is 4.98 Å². The highest BCUT2D eigenvalue weighted by Gasteiger charge is 2.55. The first-order chi connectivity index (χ1) is 11.5. The molecule has 1 saturated heterocycles. The lowest BCUT2D eigenvalue weighted by atomic mass is 9.93. The minimum Gasteiger partial charge on any atom is -0.361 e. The fourth-order valence-corrected chi connectivity index (χ4v) is 5.79. The Hall–Kier alpha value is -1.82. The van der Waals surface area contributed by atoms with Crippen LogP contribution < -0.4 is 0 Å². The number of H-pyrrole nitrogens is 1. The standard InChI is InChI=1S/C18H22N2O3S/c1-2-20(13-7-10-24(22,23)12-13)17(21)18(8-9-18)15-11-19-16-6-4-3-5-14(15)16/h3-6,11,13,19H,2,7-10,12H2,1H3. The van der Waals surface area contributed by atoms with Crippen molar-refractivity contribution in [1.29, 1.82) is 0 Å². The number of amides is 1. The van der Waals surface area contributed by atoms with Crippen molar-refractivity contribution in [2.75, 3.05) is 18.1 Å². The SMILES string of the molecule is CCN(C(=O)C1(c2c[nH]c3ccccc23)CC1)C1CCS(=O)(=O)C1. The molecule has 2 aromatic rings. The molecule has 5 nitrogen and oxygen atoms in total. The molecule has 128 valence electrons. The van der Waals surface area contributed by atoms with Crippen molar-refractivity contribution < 1.29 is 13.2 Å². The number of carbonyl (C=O) groups excluding carboxylic acids is 1. The average molecular weight is 346 g/mol. The average Bonchev–Trinajstić information content (AvgIpc) is 3.12. The van der Waals surface area contributed by atoms with E-state index in [1.165, 1.54) is 0 Å². The smallest absolute Gasteiger partial charge is 0.233 e. The van der Waals surface area contributed by atoms with Gasteiger partial charge in [0, 0.05) is 29.7 Å². The number of likely N-dealkylation sites (N-methyl/N-ethyl adjacent to an activating group) is 1. The normalized spacial score (nSPS) is 24.1. The molecular weight excluding hydrogens is 324 g/mol. The number of benzene rings is 1. The minimum absolute atomic E-state index is 0.0943. The molecule has 0 radical (unpaired) electrons. The minimum atomic E-state index is -3.00. The van der Waals surface area contributed by atoms with E-state index in [9.17, 15) is 13.2 Å². The summed E-state index contributed by atoms with van der Waals surface area (Å²) in [4.78, 5) is 18.4. The lowest BCUT2D eigenvalue weighted by molar-refractivity contribution is -0.135. The second-order valence-corrected chi connectivity index (χ2v) is 9.21. The van der Waals surface area contributed by atoms with Gasteiger partial charge in [-0.3, -0.25) is 4.79 Å². The highest BCUT2D eigenvalue weighted by atomic mass is 32.2. The number of fused-ring (bicyclic) bond motifs is 1. The second kappa shape index (κ2) is 5.34. The van der Waals surface area contributed by atoms with Gasteiger partial charge in [-0.2, -0.15) is 0 Å². The number of aromatic nitrogens is 1. The third kappa shape index (κ3) is 2.35. The van der Waals surface area contributed by atoms with Crippen LogP contribution >= 0.6 is 0 Å². The van der Waals surface area contributed by atoms with Gasteiger partial charge >= 0.3 is 0 Å². The van der Waals surface area contributed by atoms with Gasteiger partial charge in [-0.15, -0.1) is 0 Å². The van der Waals surface area contributed by atoms with Crippen molar-refractivity contribution in [3.8, 4) is 0 Å². The van der Waals surface area contributed by atoms with Crippen LogP contribution in [0.3, 0.4) is 0 Å². The number of nitrogens with one attached hydrogen (secondary N) is 1. The van der Waals surface area contributed by atoms with Crippen LogP contribution in [0.25, 0.3) is 10.9 Å². The quantitative estimate of drug-likeness (QED) is 0.923. The van der Waals surface area contributed by atoms with Crippen LogP contribution in [0.1, 0.15) is 31.7 Å². The van der Waals surface area contributed by atoms with Crippen molar-refractivity contribution in [2.45, 2.75) is 37.6 Å². The third-order valence-corrected chi connectivity index (χ3v) is 7.27. The fourth-order valence-electron chi connectivity index (χ4n) is 4.05. The molecule has 1 N–H and O–H groups in total. The summed E-state index contributed by atoms with van der Waals surface area (Å²) in [6, 6.07) is 7.86. The van der Waals surface area contributed by atoms with Gasteiger partial charge in [-0.1, -0.05) is 18.2 Å². The van der Waals surface area contributed by atoms with Crippen LogP contribution in [0.15, 0.2) is 30.5 Å². The largest absolute Gasteiger partial charge is 0.361 e. The topological polar surface area (TPSA) is 70.2 Å². The maximum atomic E-state index is 13.3. The number of para-hydroxylation sites is 1. The number of aromatic amines is 1. The molecule has 1 unspecified atom stereocenters. The van der Waals surface area contributed by atoms with Crippen LogP contribution in [0.4, 0.5) is 0 Å².